The van der Waals surface area contributed by atoms with E-state index in [2.05, 4.69) is 40.0 Å². The Morgan fingerprint density at radius 2 is 0.878 bits per heavy atom. The molecule has 82 heavy (non-hydrogen) atoms. The van der Waals surface area contributed by atoms with E-state index in [1.165, 1.54) is 146 Å². The summed E-state index contributed by atoms with van der Waals surface area (Å²) in [7, 11) is 8.90. The first-order valence-electron chi connectivity index (χ1n) is 29.3. The number of nitrogens with zero attached hydrogens (tertiary/aromatic N) is 3. The highest BCUT2D eigenvalue weighted by Crippen LogP contribution is 2.14. The third-order valence-electron chi connectivity index (χ3n) is 10.5. The second-order valence-corrected chi connectivity index (χ2v) is 22.1. The molecule has 0 bridgehead atoms. The lowest BCUT2D eigenvalue weighted by Gasteiger charge is -2.27. The molecule has 0 saturated carbocycles. The maximum atomic E-state index is 12.1. The first-order valence-corrected chi connectivity index (χ1v) is 29.3. The van der Waals surface area contributed by atoms with Crippen molar-refractivity contribution in [1.82, 2.24) is 20.0 Å². The molecule has 0 atom stereocenters. The highest BCUT2D eigenvalue weighted by Gasteiger charge is 2.23. The molecule has 22 nitrogen and oxygen atoms in total. The van der Waals surface area contributed by atoms with Crippen LogP contribution in [0.15, 0.2) is 12.7 Å². The van der Waals surface area contributed by atoms with E-state index in [9.17, 15) is 38.4 Å². The summed E-state index contributed by atoms with van der Waals surface area (Å²) >= 11 is 0. The average Bonchev–Trinajstić information content (AvgIpc) is 4.00. The molecule has 1 heterocycles. The Bertz CT molecular complexity index is 1590. The molecule has 0 spiro atoms. The number of carboxylic acids is 2. The van der Waals surface area contributed by atoms with Gasteiger partial charge in [-0.1, -0.05) is 110 Å². The molecule has 0 unspecified atom stereocenters. The van der Waals surface area contributed by atoms with Gasteiger partial charge in [-0.05, 0) is 102 Å². The van der Waals surface area contributed by atoms with E-state index in [1.807, 2.05) is 20.8 Å². The molecule has 1 aliphatic heterocycles. The van der Waals surface area contributed by atoms with Crippen molar-refractivity contribution in [3.8, 4) is 0 Å². The van der Waals surface area contributed by atoms with Gasteiger partial charge in [-0.25, -0.2) is 19.2 Å². The molecule has 22 heteroatoms. The number of hydrogen-bond donors (Lipinski definition) is 4. The number of carboxylic acid groups (broad SMARTS) is 2. The molecular weight excluding hydrogens is 1060 g/mol. The van der Waals surface area contributed by atoms with Crippen molar-refractivity contribution < 1.29 is 81.7 Å². The minimum absolute atomic E-state index is 0.0454. The summed E-state index contributed by atoms with van der Waals surface area (Å²) in [4.78, 5) is 90.9. The van der Waals surface area contributed by atoms with Crippen molar-refractivity contribution in [1.29, 1.82) is 0 Å². The minimum Gasteiger partial charge on any atom is -0.481 e. The summed E-state index contributed by atoms with van der Waals surface area (Å²) in [6.45, 7) is 28.5. The van der Waals surface area contributed by atoms with Crippen LogP contribution in [0.2, 0.25) is 0 Å². The van der Waals surface area contributed by atoms with Gasteiger partial charge in [0.15, 0.2) is 0 Å². The van der Waals surface area contributed by atoms with Crippen LogP contribution in [0, 0.1) is 0 Å². The van der Waals surface area contributed by atoms with Crippen LogP contribution in [0.4, 0.5) is 14.4 Å². The van der Waals surface area contributed by atoms with E-state index < -0.39 is 53.0 Å². The second kappa shape index (κ2) is 59.0. The second-order valence-electron chi connectivity index (χ2n) is 22.1. The van der Waals surface area contributed by atoms with E-state index in [0.717, 1.165) is 38.7 Å². The number of nitrogens with one attached hydrogen (secondary N) is 1. The average molecular weight is 1180 g/mol. The third kappa shape index (κ3) is 79.0. The van der Waals surface area contributed by atoms with Gasteiger partial charge in [-0.15, -0.1) is 0 Å². The highest BCUT2D eigenvalue weighted by atomic mass is 16.6. The fourth-order valence-electron chi connectivity index (χ4n) is 5.98. The number of ether oxygens (including phenoxy) is 7. The van der Waals surface area contributed by atoms with Crippen LogP contribution in [-0.4, -0.2) is 185 Å². The lowest BCUT2D eigenvalue weighted by Crippen LogP contribution is -2.38. The van der Waals surface area contributed by atoms with E-state index in [4.69, 9.17) is 34.9 Å². The van der Waals surface area contributed by atoms with Gasteiger partial charge in [-0.2, -0.15) is 0 Å². The first kappa shape index (κ1) is 88.0. The molecular formula is C60H119N5O17. The van der Waals surface area contributed by atoms with Crippen molar-refractivity contribution in [2.45, 2.75) is 234 Å². The third-order valence-corrected chi connectivity index (χ3v) is 10.5. The number of carbonyl (C=O) groups is 8. The normalized spacial score (nSPS) is 11.2. The van der Waals surface area contributed by atoms with Gasteiger partial charge in [0.2, 0.25) is 0 Å². The molecule has 1 rings (SSSR count). The predicted octanol–water partition coefficient (Wildman–Crippen LogP) is 11.6. The number of amides is 3. The van der Waals surface area contributed by atoms with Gasteiger partial charge < -0.3 is 69.1 Å². The quantitative estimate of drug-likeness (QED) is 0.0225. The molecule has 0 aliphatic carbocycles. The summed E-state index contributed by atoms with van der Waals surface area (Å²) in [5.74, 6) is -2.73. The van der Waals surface area contributed by atoms with E-state index in [0.29, 0.717) is 26.1 Å². The van der Waals surface area contributed by atoms with E-state index >= 15 is 0 Å². The first-order chi connectivity index (χ1) is 38.3. The number of carbonyl (C=O) groups excluding carboxylic acids is 6. The van der Waals surface area contributed by atoms with Crippen LogP contribution in [0.25, 0.3) is 0 Å². The standard InChI is InChI=1S/C18H35NO4.C10H19NO4.C10H23N.C9H17NO4.C5H11NO2.C4H6O2.C4H8O/c1-5-6-7-8-9-10-11-12-14-19(15-13-16(20)21)17(22)23-18(2,3)4;1-10(2,3)15-9(13)11(4)7-6-8(12)14-5;1-2-3-4-5-6-7-8-9-10-11;1-9(2,3)14-8(13)10(4)6-5-7(11)12;1-6-4-3-5(7)8-2;1-3-4(5)6-2;1-2-4-5-3-1/h5-15H2,1-4H3,(H,20,21);6-7H2,1-5H3;2-11H2,1H3;5-6H2,1-4H3,(H,11,12);6H,3-4H2,1-2H3;3H,1H2,2H3;1-4H2. The fraction of sp³-hybridized carbons (Fsp3) is 0.833. The number of aliphatic carboxylic acids is 2. The van der Waals surface area contributed by atoms with Gasteiger partial charge in [0.25, 0.3) is 0 Å². The number of hydrogen-bond acceptors (Lipinski definition) is 17. The van der Waals surface area contributed by atoms with Crippen LogP contribution >= 0.6 is 0 Å². The van der Waals surface area contributed by atoms with Gasteiger partial charge in [0, 0.05) is 66.1 Å². The molecule has 0 aromatic carbocycles. The summed E-state index contributed by atoms with van der Waals surface area (Å²) in [5, 5.41) is 20.0. The van der Waals surface area contributed by atoms with Crippen molar-refractivity contribution in [3.05, 3.63) is 12.7 Å². The molecule has 0 aromatic heterocycles. The molecule has 1 saturated heterocycles. The summed E-state index contributed by atoms with van der Waals surface area (Å²) in [5.41, 5.74) is 3.77. The van der Waals surface area contributed by atoms with Gasteiger partial charge in [-0.3, -0.25) is 19.2 Å². The number of rotatable bonds is 30. The largest absolute Gasteiger partial charge is 0.481 e. The molecule has 0 aromatic rings. The van der Waals surface area contributed by atoms with Crippen molar-refractivity contribution in [2.75, 3.05) is 95.0 Å². The van der Waals surface area contributed by atoms with Crippen molar-refractivity contribution in [2.24, 2.45) is 5.73 Å². The maximum Gasteiger partial charge on any atom is 0.410 e. The molecule has 486 valence electrons. The maximum absolute atomic E-state index is 12.1. The van der Waals surface area contributed by atoms with E-state index in [1.54, 1.807) is 55.6 Å². The fourth-order valence-corrected chi connectivity index (χ4v) is 5.98. The summed E-state index contributed by atoms with van der Waals surface area (Å²) in [6.07, 6.45) is 23.3. The number of unbranched alkanes of at least 4 members (excludes halogenated alkanes) is 14. The summed E-state index contributed by atoms with van der Waals surface area (Å²) in [6, 6.07) is 0. The lowest BCUT2D eigenvalue weighted by molar-refractivity contribution is -0.141. The number of methoxy groups -OCH3 is 3. The monoisotopic (exact) mass is 1180 g/mol. The van der Waals surface area contributed by atoms with Crippen LogP contribution in [0.3, 0.4) is 0 Å². The minimum atomic E-state index is -0.930. The Kier molecular flexibility index (Phi) is 63.3. The van der Waals surface area contributed by atoms with Crippen LogP contribution < -0.4 is 11.1 Å². The van der Waals surface area contributed by atoms with Gasteiger partial charge in [0.1, 0.15) is 16.8 Å². The lowest BCUT2D eigenvalue weighted by atomic mass is 10.1. The van der Waals surface area contributed by atoms with Crippen molar-refractivity contribution >= 4 is 48.1 Å². The Labute approximate surface area is 495 Å². The molecule has 0 radical (unpaired) electrons. The Morgan fingerprint density at radius 3 is 1.18 bits per heavy atom. The van der Waals surface area contributed by atoms with Crippen LogP contribution in [0.1, 0.15) is 217 Å². The zero-order chi connectivity index (χ0) is 64.4. The number of nitrogens with two attached hydrogens (primary N) is 1. The molecule has 1 fully saturated rings. The van der Waals surface area contributed by atoms with E-state index in [-0.39, 0.29) is 44.3 Å². The Balaban J connectivity index is -0.000000216. The van der Waals surface area contributed by atoms with Crippen LogP contribution in [-0.2, 0) is 57.1 Å². The molecule has 5 N–H and O–H groups in total. The Hall–Kier alpha value is -5.22. The Morgan fingerprint density at radius 1 is 0.524 bits per heavy atom. The SMILES string of the molecule is C1CCOC1.C=CC(=O)OC.CCCCCCCCCCN.CCCCCCCCCCN(CCC(=O)O)C(=O)OC(C)(C)C.CN(CCC(=O)O)C(=O)OC(C)(C)C.CNCCC(=O)OC.COC(=O)CCN(C)C(=O)OC(C)(C)C. The van der Waals surface area contributed by atoms with Gasteiger partial charge >= 0.3 is 48.1 Å². The molecule has 3 amide bonds. The highest BCUT2D eigenvalue weighted by molar-refractivity contribution is 5.81. The van der Waals surface area contributed by atoms with Crippen molar-refractivity contribution in [3.63, 3.8) is 0 Å². The number of esters is 3. The zero-order valence-corrected chi connectivity index (χ0v) is 54.4. The smallest absolute Gasteiger partial charge is 0.410 e. The van der Waals surface area contributed by atoms with Crippen LogP contribution in [0.5, 0.6) is 0 Å². The molecule has 1 aliphatic rings. The zero-order valence-electron chi connectivity index (χ0n) is 54.4. The summed E-state index contributed by atoms with van der Waals surface area (Å²) < 4.78 is 33.4. The van der Waals surface area contributed by atoms with Gasteiger partial charge in [0.05, 0.1) is 47.0 Å². The predicted molar refractivity (Wildman–Crippen MR) is 324 cm³/mol. The topological polar surface area (TPSA) is 289 Å².